The van der Waals surface area contributed by atoms with E-state index >= 15 is 0 Å². The smallest absolute Gasteiger partial charge is 0.0770 e. The van der Waals surface area contributed by atoms with Crippen molar-refractivity contribution < 1.29 is 4.74 Å². The minimum atomic E-state index is 0.249. The molecule has 0 aliphatic heterocycles. The molecule has 2 nitrogen and oxygen atoms in total. The molecule has 1 aromatic carbocycles. The number of ether oxygens (including phenoxy) is 1. The monoisotopic (exact) mass is 305 g/mol. The predicted octanol–water partition coefficient (Wildman–Crippen LogP) is 5.15. The zero-order valence-corrected chi connectivity index (χ0v) is 14.2. The van der Waals surface area contributed by atoms with E-state index < -0.39 is 0 Å². The molecule has 1 aromatic heterocycles. The molecule has 0 aliphatic rings. The third-order valence-electron chi connectivity index (χ3n) is 3.78. The Bertz CT molecular complexity index is 531. The molecule has 0 fully saturated rings. The van der Waals surface area contributed by atoms with Crippen LogP contribution in [0.2, 0.25) is 0 Å². The van der Waals surface area contributed by atoms with Crippen LogP contribution in [0.4, 0.5) is 0 Å². The number of rotatable bonds is 9. The van der Waals surface area contributed by atoms with E-state index in [0.29, 0.717) is 0 Å². The van der Waals surface area contributed by atoms with Crippen LogP contribution in [-0.4, -0.2) is 19.3 Å². The van der Waals surface area contributed by atoms with Crippen LogP contribution in [0.5, 0.6) is 0 Å². The van der Waals surface area contributed by atoms with E-state index in [1.807, 2.05) is 11.3 Å². The van der Waals surface area contributed by atoms with Gasteiger partial charge in [0.1, 0.15) is 0 Å². The molecular formula is C18H27NOS. The van der Waals surface area contributed by atoms with Gasteiger partial charge in [0.05, 0.1) is 12.1 Å². The fraction of sp³-hybridized carbons (Fsp3) is 0.556. The van der Waals surface area contributed by atoms with Gasteiger partial charge >= 0.3 is 0 Å². The van der Waals surface area contributed by atoms with Crippen LogP contribution in [0.25, 0.3) is 10.1 Å². The average molecular weight is 305 g/mol. The van der Waals surface area contributed by atoms with Crippen LogP contribution in [0.3, 0.4) is 0 Å². The van der Waals surface area contributed by atoms with Crippen molar-refractivity contribution in [3.63, 3.8) is 0 Å². The lowest BCUT2D eigenvalue weighted by molar-refractivity contribution is 0.0280. The number of hydrogen-bond donors (Lipinski definition) is 1. The summed E-state index contributed by atoms with van der Waals surface area (Å²) < 4.78 is 7.46. The minimum Gasteiger partial charge on any atom is -0.377 e. The summed E-state index contributed by atoms with van der Waals surface area (Å²) in [5, 5.41) is 7.24. The molecule has 0 radical (unpaired) electrons. The Labute approximate surface area is 132 Å². The molecule has 0 aliphatic carbocycles. The number of hydrogen-bond acceptors (Lipinski definition) is 3. The molecule has 2 aromatic rings. The summed E-state index contributed by atoms with van der Waals surface area (Å²) in [7, 11) is 0. The first-order valence-corrected chi connectivity index (χ1v) is 9.00. The van der Waals surface area contributed by atoms with Gasteiger partial charge in [-0.25, -0.2) is 0 Å². The van der Waals surface area contributed by atoms with Gasteiger partial charge in [-0.15, -0.1) is 11.3 Å². The summed E-state index contributed by atoms with van der Waals surface area (Å²) >= 11 is 1.83. The number of thiophene rings is 1. The van der Waals surface area contributed by atoms with Gasteiger partial charge in [0.25, 0.3) is 0 Å². The van der Waals surface area contributed by atoms with Crippen LogP contribution in [-0.2, 0) is 4.74 Å². The highest BCUT2D eigenvalue weighted by molar-refractivity contribution is 7.17. The topological polar surface area (TPSA) is 21.3 Å². The molecule has 0 saturated heterocycles. The maximum atomic E-state index is 6.06. The predicted molar refractivity (Wildman–Crippen MR) is 93.2 cm³/mol. The van der Waals surface area contributed by atoms with Gasteiger partial charge in [-0.3, -0.25) is 0 Å². The number of nitrogens with one attached hydrogen (secondary N) is 1. The van der Waals surface area contributed by atoms with E-state index in [-0.39, 0.29) is 12.1 Å². The zero-order valence-electron chi connectivity index (χ0n) is 13.4. The molecule has 0 amide bonds. The normalized spacial score (nSPS) is 14.4. The third kappa shape index (κ3) is 4.06. The summed E-state index contributed by atoms with van der Waals surface area (Å²) in [5.74, 6) is 0. The first kappa shape index (κ1) is 16.5. The Morgan fingerprint density at radius 1 is 1.14 bits per heavy atom. The van der Waals surface area contributed by atoms with Crippen LogP contribution in [0.15, 0.2) is 29.6 Å². The Balaban J connectivity index is 2.35. The molecule has 2 atom stereocenters. The quantitative estimate of drug-likeness (QED) is 0.692. The second-order valence-corrected chi connectivity index (χ2v) is 6.32. The molecule has 0 spiro atoms. The molecule has 1 heterocycles. The lowest BCUT2D eigenvalue weighted by Crippen LogP contribution is -2.34. The molecule has 1 N–H and O–H groups in total. The molecule has 0 saturated carbocycles. The maximum absolute atomic E-state index is 6.06. The van der Waals surface area contributed by atoms with Crippen molar-refractivity contribution >= 4 is 21.4 Å². The van der Waals surface area contributed by atoms with Crippen molar-refractivity contribution in [2.45, 2.75) is 52.2 Å². The standard InChI is InChI=1S/C18H27NOS/c1-4-8-16(20-6-3)17(19-12-5-2)15-10-7-9-14-11-13-21-18(14)15/h7,9-11,13,16-17,19H,4-6,8,12H2,1-3H3. The van der Waals surface area contributed by atoms with Gasteiger partial charge in [0.15, 0.2) is 0 Å². The van der Waals surface area contributed by atoms with E-state index in [9.17, 15) is 0 Å². The third-order valence-corrected chi connectivity index (χ3v) is 4.76. The van der Waals surface area contributed by atoms with Gasteiger partial charge in [-0.05, 0) is 48.7 Å². The number of benzene rings is 1. The van der Waals surface area contributed by atoms with Crippen LogP contribution < -0.4 is 5.32 Å². The summed E-state index contributed by atoms with van der Waals surface area (Å²) in [4.78, 5) is 0. The summed E-state index contributed by atoms with van der Waals surface area (Å²) in [6, 6.07) is 9.11. The van der Waals surface area contributed by atoms with Gasteiger partial charge in [0, 0.05) is 11.3 Å². The largest absolute Gasteiger partial charge is 0.377 e. The molecular weight excluding hydrogens is 278 g/mol. The Kier molecular flexibility index (Phi) is 6.68. The highest BCUT2D eigenvalue weighted by Crippen LogP contribution is 2.32. The lowest BCUT2D eigenvalue weighted by atomic mass is 9.97. The second kappa shape index (κ2) is 8.52. The van der Waals surface area contributed by atoms with Crippen molar-refractivity contribution in [3.8, 4) is 0 Å². The van der Waals surface area contributed by atoms with E-state index in [2.05, 4.69) is 55.7 Å². The zero-order chi connectivity index (χ0) is 15.1. The SMILES string of the molecule is CCCNC(c1cccc2ccsc12)C(CCC)OCC. The Morgan fingerprint density at radius 3 is 2.71 bits per heavy atom. The van der Waals surface area contributed by atoms with Crippen molar-refractivity contribution in [1.82, 2.24) is 5.32 Å². The van der Waals surface area contributed by atoms with E-state index in [1.165, 1.54) is 15.6 Å². The van der Waals surface area contributed by atoms with Crippen molar-refractivity contribution in [2.75, 3.05) is 13.2 Å². The van der Waals surface area contributed by atoms with Gasteiger partial charge in [-0.2, -0.15) is 0 Å². The van der Waals surface area contributed by atoms with E-state index in [4.69, 9.17) is 4.74 Å². The van der Waals surface area contributed by atoms with E-state index in [1.54, 1.807) is 0 Å². The molecule has 0 bridgehead atoms. The van der Waals surface area contributed by atoms with Crippen LogP contribution >= 0.6 is 11.3 Å². The van der Waals surface area contributed by atoms with Crippen molar-refractivity contribution in [1.29, 1.82) is 0 Å². The van der Waals surface area contributed by atoms with Gasteiger partial charge in [0.2, 0.25) is 0 Å². The van der Waals surface area contributed by atoms with Gasteiger partial charge in [-0.1, -0.05) is 38.5 Å². The molecule has 3 heteroatoms. The van der Waals surface area contributed by atoms with Crippen molar-refractivity contribution in [2.24, 2.45) is 0 Å². The van der Waals surface area contributed by atoms with Gasteiger partial charge < -0.3 is 10.1 Å². The first-order chi connectivity index (χ1) is 10.3. The summed E-state index contributed by atoms with van der Waals surface area (Å²) in [6.07, 6.45) is 3.63. The average Bonchev–Trinajstić information content (AvgIpc) is 2.97. The minimum absolute atomic E-state index is 0.249. The Morgan fingerprint density at radius 2 is 2.00 bits per heavy atom. The molecule has 2 rings (SSSR count). The van der Waals surface area contributed by atoms with E-state index in [0.717, 1.165) is 32.4 Å². The second-order valence-electron chi connectivity index (χ2n) is 5.40. The molecule has 21 heavy (non-hydrogen) atoms. The van der Waals surface area contributed by atoms with Crippen LogP contribution in [0, 0.1) is 0 Å². The lowest BCUT2D eigenvalue weighted by Gasteiger charge is -2.29. The van der Waals surface area contributed by atoms with Crippen molar-refractivity contribution in [3.05, 3.63) is 35.2 Å². The highest BCUT2D eigenvalue weighted by Gasteiger charge is 2.24. The fourth-order valence-corrected chi connectivity index (χ4v) is 3.80. The summed E-state index contributed by atoms with van der Waals surface area (Å²) in [6.45, 7) is 8.33. The number of fused-ring (bicyclic) bond motifs is 1. The molecule has 116 valence electrons. The Hall–Kier alpha value is -0.900. The summed E-state index contributed by atoms with van der Waals surface area (Å²) in [5.41, 5.74) is 1.39. The molecule has 2 unspecified atom stereocenters. The first-order valence-electron chi connectivity index (χ1n) is 8.12. The van der Waals surface area contributed by atoms with Crippen LogP contribution in [0.1, 0.15) is 51.6 Å². The fourth-order valence-electron chi connectivity index (χ4n) is 2.85. The highest BCUT2D eigenvalue weighted by atomic mass is 32.1. The maximum Gasteiger partial charge on any atom is 0.0770 e.